The van der Waals surface area contributed by atoms with Crippen LogP contribution in [0.1, 0.15) is 5.56 Å². The van der Waals surface area contributed by atoms with Gasteiger partial charge in [-0.3, -0.25) is 14.6 Å². The first kappa shape index (κ1) is 29.8. The van der Waals surface area contributed by atoms with Gasteiger partial charge >= 0.3 is 0 Å². The summed E-state index contributed by atoms with van der Waals surface area (Å²) >= 11 is 7.81. The SMILES string of the molecule is COc1cc(/C=C/C(=O)N(CCN2CCOCC2)c2nc3c(OC)ccc(Cl)c3s2)cc(OC)c1OC.Cl. The zero-order valence-corrected chi connectivity index (χ0v) is 24.1. The quantitative estimate of drug-likeness (QED) is 0.315. The Kier molecular flexibility index (Phi) is 10.9. The number of methoxy groups -OCH3 is 4. The number of fused-ring (bicyclic) bond motifs is 1. The number of hydrogen-bond donors (Lipinski definition) is 0. The number of thiazole rings is 1. The highest BCUT2D eigenvalue weighted by Crippen LogP contribution is 2.40. The largest absolute Gasteiger partial charge is 0.494 e. The van der Waals surface area contributed by atoms with Gasteiger partial charge in [0.25, 0.3) is 5.91 Å². The van der Waals surface area contributed by atoms with Crippen LogP contribution in [0, 0.1) is 0 Å². The zero-order chi connectivity index (χ0) is 26.4. The lowest BCUT2D eigenvalue weighted by Crippen LogP contribution is -2.42. The van der Waals surface area contributed by atoms with Crippen LogP contribution in [0.5, 0.6) is 23.0 Å². The van der Waals surface area contributed by atoms with Gasteiger partial charge < -0.3 is 23.7 Å². The number of hydrogen-bond acceptors (Lipinski definition) is 9. The fraction of sp³-hybridized carbons (Fsp3) is 0.385. The molecule has 0 atom stereocenters. The lowest BCUT2D eigenvalue weighted by atomic mass is 10.1. The fourth-order valence-electron chi connectivity index (χ4n) is 4.04. The summed E-state index contributed by atoms with van der Waals surface area (Å²) in [6, 6.07) is 7.12. The molecule has 1 aromatic heterocycles. The molecule has 0 bridgehead atoms. The average molecular weight is 585 g/mol. The summed E-state index contributed by atoms with van der Waals surface area (Å²) in [4.78, 5) is 22.2. The Morgan fingerprint density at radius 1 is 1.08 bits per heavy atom. The molecule has 1 amide bonds. The Hall–Kier alpha value is -2.76. The van der Waals surface area contributed by atoms with Crippen LogP contribution in [-0.4, -0.2) is 83.6 Å². The van der Waals surface area contributed by atoms with Gasteiger partial charge in [-0.15, -0.1) is 12.4 Å². The maximum atomic E-state index is 13.5. The smallest absolute Gasteiger partial charge is 0.252 e. The fourth-order valence-corrected chi connectivity index (χ4v) is 5.33. The van der Waals surface area contributed by atoms with Crippen molar-refractivity contribution >= 4 is 62.7 Å². The van der Waals surface area contributed by atoms with E-state index in [0.717, 1.165) is 23.4 Å². The first-order valence-electron chi connectivity index (χ1n) is 11.7. The number of rotatable bonds is 10. The number of aromatic nitrogens is 1. The van der Waals surface area contributed by atoms with Crippen LogP contribution in [0.15, 0.2) is 30.3 Å². The van der Waals surface area contributed by atoms with Gasteiger partial charge in [-0.2, -0.15) is 0 Å². The van der Waals surface area contributed by atoms with Gasteiger partial charge in [0, 0.05) is 32.3 Å². The van der Waals surface area contributed by atoms with Crippen LogP contribution in [0.3, 0.4) is 0 Å². The van der Waals surface area contributed by atoms with Crippen molar-refractivity contribution in [1.29, 1.82) is 0 Å². The van der Waals surface area contributed by atoms with E-state index in [9.17, 15) is 4.79 Å². The molecule has 0 spiro atoms. The molecule has 2 aromatic carbocycles. The van der Waals surface area contributed by atoms with E-state index in [4.69, 9.17) is 40.3 Å². The summed E-state index contributed by atoms with van der Waals surface area (Å²) in [6.45, 7) is 4.16. The summed E-state index contributed by atoms with van der Waals surface area (Å²) in [5.41, 5.74) is 1.36. The number of benzene rings is 2. The van der Waals surface area contributed by atoms with Crippen molar-refractivity contribution in [1.82, 2.24) is 9.88 Å². The predicted molar refractivity (Wildman–Crippen MR) is 153 cm³/mol. The highest BCUT2D eigenvalue weighted by atomic mass is 35.5. The van der Waals surface area contributed by atoms with Crippen LogP contribution in [0.4, 0.5) is 5.13 Å². The van der Waals surface area contributed by atoms with Crippen molar-refractivity contribution in [2.75, 3.05) is 72.7 Å². The molecule has 1 aliphatic heterocycles. The Morgan fingerprint density at radius 3 is 2.34 bits per heavy atom. The predicted octanol–water partition coefficient (Wildman–Crippen LogP) is 4.78. The molecule has 4 rings (SSSR count). The minimum Gasteiger partial charge on any atom is -0.494 e. The second-order valence-electron chi connectivity index (χ2n) is 8.16. The van der Waals surface area contributed by atoms with Crippen molar-refractivity contribution in [3.63, 3.8) is 0 Å². The van der Waals surface area contributed by atoms with Crippen LogP contribution in [0.2, 0.25) is 5.02 Å². The molecule has 0 saturated carbocycles. The molecular weight excluding hydrogens is 553 g/mol. The average Bonchev–Trinajstić information content (AvgIpc) is 3.38. The van der Waals surface area contributed by atoms with E-state index in [-0.39, 0.29) is 18.3 Å². The van der Waals surface area contributed by atoms with Crippen molar-refractivity contribution in [2.24, 2.45) is 0 Å². The molecule has 0 aliphatic carbocycles. The van der Waals surface area contributed by atoms with E-state index in [2.05, 4.69) is 4.90 Å². The number of nitrogens with zero attached hydrogens (tertiary/aromatic N) is 3. The summed E-state index contributed by atoms with van der Waals surface area (Å²) in [6.07, 6.45) is 3.24. The van der Waals surface area contributed by atoms with Gasteiger partial charge in [0.05, 0.1) is 51.4 Å². The first-order chi connectivity index (χ1) is 18.0. The molecule has 2 heterocycles. The molecule has 38 heavy (non-hydrogen) atoms. The molecule has 1 fully saturated rings. The van der Waals surface area contributed by atoms with E-state index < -0.39 is 0 Å². The van der Waals surface area contributed by atoms with E-state index in [1.54, 1.807) is 63.7 Å². The van der Waals surface area contributed by atoms with Gasteiger partial charge in [0.15, 0.2) is 16.6 Å². The van der Waals surface area contributed by atoms with Crippen LogP contribution in [-0.2, 0) is 9.53 Å². The number of ether oxygens (including phenoxy) is 5. The molecule has 3 aromatic rings. The van der Waals surface area contributed by atoms with E-state index in [1.165, 1.54) is 17.4 Å². The van der Waals surface area contributed by atoms with E-state index in [1.807, 2.05) is 0 Å². The van der Waals surface area contributed by atoms with Gasteiger partial charge in [-0.25, -0.2) is 4.98 Å². The summed E-state index contributed by atoms with van der Waals surface area (Å²) in [5.74, 6) is 1.89. The second-order valence-corrected chi connectivity index (χ2v) is 9.54. The summed E-state index contributed by atoms with van der Waals surface area (Å²) in [5, 5.41) is 1.11. The highest BCUT2D eigenvalue weighted by Gasteiger charge is 2.22. The Balaban J connectivity index is 0.00000400. The Labute approximate surface area is 237 Å². The van der Waals surface area contributed by atoms with Gasteiger partial charge in [-0.05, 0) is 35.9 Å². The number of morpholine rings is 1. The van der Waals surface area contributed by atoms with E-state index >= 15 is 0 Å². The van der Waals surface area contributed by atoms with Crippen LogP contribution < -0.4 is 23.8 Å². The number of carbonyl (C=O) groups excluding carboxylic acids is 1. The molecule has 0 unspecified atom stereocenters. The normalized spacial score (nSPS) is 13.8. The minimum absolute atomic E-state index is 0. The molecule has 1 saturated heterocycles. The number of halogens is 2. The molecule has 206 valence electrons. The monoisotopic (exact) mass is 583 g/mol. The van der Waals surface area contributed by atoms with Crippen molar-refractivity contribution < 1.29 is 28.5 Å². The first-order valence-corrected chi connectivity index (χ1v) is 12.9. The maximum absolute atomic E-state index is 13.5. The highest BCUT2D eigenvalue weighted by molar-refractivity contribution is 7.23. The van der Waals surface area contributed by atoms with Crippen molar-refractivity contribution in [3.05, 3.63) is 40.9 Å². The van der Waals surface area contributed by atoms with Gasteiger partial charge in [0.2, 0.25) is 5.75 Å². The third-order valence-corrected chi connectivity index (χ3v) is 7.55. The second kappa shape index (κ2) is 13.9. The maximum Gasteiger partial charge on any atom is 0.252 e. The van der Waals surface area contributed by atoms with E-state index in [0.29, 0.717) is 65.0 Å². The molecule has 9 nitrogen and oxygen atoms in total. The zero-order valence-electron chi connectivity index (χ0n) is 21.7. The van der Waals surface area contributed by atoms with Crippen molar-refractivity contribution in [3.8, 4) is 23.0 Å². The Bertz CT molecular complexity index is 1250. The third-order valence-electron chi connectivity index (χ3n) is 6.01. The lowest BCUT2D eigenvalue weighted by molar-refractivity contribution is -0.114. The van der Waals surface area contributed by atoms with Crippen LogP contribution >= 0.6 is 35.3 Å². The minimum atomic E-state index is -0.212. The van der Waals surface area contributed by atoms with Gasteiger partial charge in [-0.1, -0.05) is 22.9 Å². The number of anilines is 1. The summed E-state index contributed by atoms with van der Waals surface area (Å²) < 4.78 is 28.0. The van der Waals surface area contributed by atoms with Crippen molar-refractivity contribution in [2.45, 2.75) is 0 Å². The molecule has 1 aliphatic rings. The van der Waals surface area contributed by atoms with Crippen LogP contribution in [0.25, 0.3) is 16.3 Å². The lowest BCUT2D eigenvalue weighted by Gasteiger charge is -2.28. The standard InChI is InChI=1S/C26H30ClN3O6S.ClH/c1-32-19-7-6-18(27)25-23(19)28-26(37-25)30(10-9-29-11-13-36-14-12-29)22(31)8-5-17-15-20(33-2)24(35-4)21(16-17)34-3;/h5-8,15-16H,9-14H2,1-4H3;1H/b8-5+;. The molecular formula is C26H31Cl2N3O6S. The molecule has 0 radical (unpaired) electrons. The number of carbonyl (C=O) groups is 1. The Morgan fingerprint density at radius 2 is 1.74 bits per heavy atom. The topological polar surface area (TPSA) is 82.6 Å². The third kappa shape index (κ3) is 6.62. The molecule has 0 N–H and O–H groups in total. The van der Waals surface area contributed by atoms with Gasteiger partial charge in [0.1, 0.15) is 11.3 Å². The number of amides is 1. The summed E-state index contributed by atoms with van der Waals surface area (Å²) in [7, 11) is 6.24. The molecule has 12 heteroatoms.